The molecule has 0 aromatic carbocycles. The molecule has 1 unspecified atom stereocenters. The van der Waals surface area contributed by atoms with E-state index in [4.69, 9.17) is 9.84 Å². The number of rotatable bonds is 0. The first kappa shape index (κ1) is 5.41. The topological polar surface area (TPSA) is 29.5 Å². The molecule has 0 saturated carbocycles. The second kappa shape index (κ2) is 2.55. The predicted molar refractivity (Wildman–Crippen MR) is 29.3 cm³/mol. The lowest BCUT2D eigenvalue weighted by Gasteiger charge is -2.15. The van der Waals surface area contributed by atoms with Gasteiger partial charge in [-0.3, -0.25) is 0 Å². The monoisotopic (exact) mass is 120 g/mol. The van der Waals surface area contributed by atoms with Crippen LogP contribution in [0.3, 0.4) is 0 Å². The third-order valence-electron chi connectivity index (χ3n) is 0.798. The number of thioether (sulfide) groups is 1. The van der Waals surface area contributed by atoms with Crippen LogP contribution in [0.5, 0.6) is 0 Å². The number of hydrogen-bond donors (Lipinski definition) is 1. The maximum absolute atomic E-state index is 8.67. The molecule has 3 heteroatoms. The largest absolute Gasteiger partial charge is 0.367 e. The van der Waals surface area contributed by atoms with Gasteiger partial charge < -0.3 is 9.84 Å². The molecular weight excluding hydrogens is 112 g/mol. The fourth-order valence-electron chi connectivity index (χ4n) is 0.475. The Morgan fingerprint density at radius 1 is 1.71 bits per heavy atom. The zero-order chi connectivity index (χ0) is 5.11. The van der Waals surface area contributed by atoms with E-state index >= 15 is 0 Å². The minimum atomic E-state index is -0.501. The molecule has 1 fully saturated rings. The van der Waals surface area contributed by atoms with Gasteiger partial charge in [-0.2, -0.15) is 11.8 Å². The van der Waals surface area contributed by atoms with E-state index in [9.17, 15) is 0 Å². The predicted octanol–water partition coefficient (Wildman–Crippen LogP) is 0.0682. The van der Waals surface area contributed by atoms with E-state index in [1.807, 2.05) is 0 Å². The van der Waals surface area contributed by atoms with Gasteiger partial charge in [-0.05, 0) is 0 Å². The fraction of sp³-hybridized carbons (Fsp3) is 1.00. The van der Waals surface area contributed by atoms with Crippen molar-refractivity contribution in [2.75, 3.05) is 18.1 Å². The minimum absolute atomic E-state index is 0.501. The van der Waals surface area contributed by atoms with Gasteiger partial charge in [0.2, 0.25) is 0 Å². The number of hydrogen-bond acceptors (Lipinski definition) is 3. The molecule has 1 atom stereocenters. The normalized spacial score (nSPS) is 33.0. The Bertz CT molecular complexity index is 51.7. The van der Waals surface area contributed by atoms with Crippen LogP contribution < -0.4 is 0 Å². The Balaban J connectivity index is 2.12. The number of aliphatic hydroxyl groups excluding tert-OH is 1. The summed E-state index contributed by atoms with van der Waals surface area (Å²) < 4.78 is 4.81. The Labute approximate surface area is 46.9 Å². The zero-order valence-corrected chi connectivity index (χ0v) is 4.78. The molecule has 1 aliphatic heterocycles. The maximum atomic E-state index is 8.67. The lowest BCUT2D eigenvalue weighted by Crippen LogP contribution is -2.21. The van der Waals surface area contributed by atoms with Gasteiger partial charge >= 0.3 is 0 Å². The molecule has 0 spiro atoms. The van der Waals surface area contributed by atoms with Gasteiger partial charge in [0.25, 0.3) is 0 Å². The Kier molecular flexibility index (Phi) is 1.97. The maximum Gasteiger partial charge on any atom is 0.163 e. The van der Waals surface area contributed by atoms with Gasteiger partial charge in [-0.1, -0.05) is 0 Å². The van der Waals surface area contributed by atoms with Crippen molar-refractivity contribution in [1.29, 1.82) is 0 Å². The molecule has 1 saturated heterocycles. The van der Waals surface area contributed by atoms with Crippen molar-refractivity contribution >= 4 is 11.8 Å². The summed E-state index contributed by atoms with van der Waals surface area (Å²) >= 11 is 1.73. The van der Waals surface area contributed by atoms with Gasteiger partial charge in [0, 0.05) is 11.5 Å². The summed E-state index contributed by atoms with van der Waals surface area (Å²) in [6, 6.07) is 0. The molecule has 0 bridgehead atoms. The highest BCUT2D eigenvalue weighted by molar-refractivity contribution is 7.99. The summed E-state index contributed by atoms with van der Waals surface area (Å²) in [5.74, 6) is 1.76. The van der Waals surface area contributed by atoms with Crippen LogP contribution in [-0.4, -0.2) is 29.5 Å². The van der Waals surface area contributed by atoms with Crippen LogP contribution in [0.25, 0.3) is 0 Å². The molecule has 7 heavy (non-hydrogen) atoms. The molecule has 42 valence electrons. The first-order valence-electron chi connectivity index (χ1n) is 2.27. The van der Waals surface area contributed by atoms with E-state index in [2.05, 4.69) is 0 Å². The highest BCUT2D eigenvalue weighted by Crippen LogP contribution is 2.09. The van der Waals surface area contributed by atoms with Gasteiger partial charge in [-0.15, -0.1) is 0 Å². The molecule has 0 aliphatic carbocycles. The standard InChI is InChI=1S/C4H8O2S/c5-4-3-7-2-1-6-4/h4-5H,1-3H2. The van der Waals surface area contributed by atoms with Gasteiger partial charge in [0.15, 0.2) is 6.29 Å². The molecule has 1 aliphatic rings. The second-order valence-corrected chi connectivity index (χ2v) is 2.55. The number of ether oxygens (including phenoxy) is 1. The van der Waals surface area contributed by atoms with Crippen molar-refractivity contribution in [2.24, 2.45) is 0 Å². The molecule has 1 N–H and O–H groups in total. The van der Waals surface area contributed by atoms with E-state index in [0.717, 1.165) is 11.5 Å². The summed E-state index contributed by atoms with van der Waals surface area (Å²) in [6.07, 6.45) is -0.501. The summed E-state index contributed by atoms with van der Waals surface area (Å²) in [4.78, 5) is 0. The van der Waals surface area contributed by atoms with Crippen LogP contribution in [0.4, 0.5) is 0 Å². The third-order valence-corrected chi connectivity index (χ3v) is 1.77. The Morgan fingerprint density at radius 2 is 2.57 bits per heavy atom. The average molecular weight is 120 g/mol. The van der Waals surface area contributed by atoms with Crippen molar-refractivity contribution in [2.45, 2.75) is 6.29 Å². The lowest BCUT2D eigenvalue weighted by molar-refractivity contribution is -0.0797. The molecule has 0 aromatic heterocycles. The third kappa shape index (κ3) is 1.67. The average Bonchev–Trinajstić information content (AvgIpc) is 1.69. The second-order valence-electron chi connectivity index (χ2n) is 1.40. The van der Waals surface area contributed by atoms with E-state index in [1.165, 1.54) is 0 Å². The van der Waals surface area contributed by atoms with Crippen molar-refractivity contribution < 1.29 is 9.84 Å². The van der Waals surface area contributed by atoms with Crippen molar-refractivity contribution in [1.82, 2.24) is 0 Å². The summed E-state index contributed by atoms with van der Waals surface area (Å²) in [5.41, 5.74) is 0. The van der Waals surface area contributed by atoms with E-state index in [-0.39, 0.29) is 0 Å². The Morgan fingerprint density at radius 3 is 2.86 bits per heavy atom. The summed E-state index contributed by atoms with van der Waals surface area (Å²) in [7, 11) is 0. The van der Waals surface area contributed by atoms with Crippen LogP contribution in [0.15, 0.2) is 0 Å². The van der Waals surface area contributed by atoms with Crippen LogP contribution in [0.1, 0.15) is 0 Å². The molecule has 0 amide bonds. The molecule has 0 aromatic rings. The zero-order valence-electron chi connectivity index (χ0n) is 3.96. The number of aliphatic hydroxyl groups is 1. The quantitative estimate of drug-likeness (QED) is 0.490. The summed E-state index contributed by atoms with van der Waals surface area (Å²) in [6.45, 7) is 0.700. The SMILES string of the molecule is OC1CSCCO1. The molecule has 1 rings (SSSR count). The molecule has 0 radical (unpaired) electrons. The molecule has 2 nitrogen and oxygen atoms in total. The van der Waals surface area contributed by atoms with Crippen molar-refractivity contribution in [3.8, 4) is 0 Å². The van der Waals surface area contributed by atoms with Crippen LogP contribution in [0, 0.1) is 0 Å². The van der Waals surface area contributed by atoms with Crippen LogP contribution >= 0.6 is 11.8 Å². The highest BCUT2D eigenvalue weighted by atomic mass is 32.2. The van der Waals surface area contributed by atoms with Gasteiger partial charge in [0.05, 0.1) is 6.61 Å². The van der Waals surface area contributed by atoms with Crippen molar-refractivity contribution in [3.05, 3.63) is 0 Å². The Hall–Kier alpha value is 0.270. The first-order valence-corrected chi connectivity index (χ1v) is 3.42. The van der Waals surface area contributed by atoms with E-state index in [1.54, 1.807) is 11.8 Å². The first-order chi connectivity index (χ1) is 3.39. The van der Waals surface area contributed by atoms with Crippen molar-refractivity contribution in [3.63, 3.8) is 0 Å². The van der Waals surface area contributed by atoms with E-state index in [0.29, 0.717) is 6.61 Å². The minimum Gasteiger partial charge on any atom is -0.367 e. The van der Waals surface area contributed by atoms with Gasteiger partial charge in [0.1, 0.15) is 0 Å². The molecular formula is C4H8O2S. The smallest absolute Gasteiger partial charge is 0.163 e. The van der Waals surface area contributed by atoms with Crippen LogP contribution in [-0.2, 0) is 4.74 Å². The van der Waals surface area contributed by atoms with Gasteiger partial charge in [-0.25, -0.2) is 0 Å². The molecule has 1 heterocycles. The highest BCUT2D eigenvalue weighted by Gasteiger charge is 2.08. The fourth-order valence-corrected chi connectivity index (χ4v) is 1.15. The lowest BCUT2D eigenvalue weighted by atomic mass is 10.7. The van der Waals surface area contributed by atoms with Crippen LogP contribution in [0.2, 0.25) is 0 Å². The summed E-state index contributed by atoms with van der Waals surface area (Å²) in [5, 5.41) is 8.67. The van der Waals surface area contributed by atoms with E-state index < -0.39 is 6.29 Å².